The van der Waals surface area contributed by atoms with E-state index in [9.17, 15) is 0 Å². The molecule has 0 bridgehead atoms. The summed E-state index contributed by atoms with van der Waals surface area (Å²) in [7, 11) is 0. The van der Waals surface area contributed by atoms with Crippen LogP contribution in [0.15, 0.2) is 60.9 Å². The number of nitrogens with one attached hydrogen (secondary N) is 1. The fourth-order valence-electron chi connectivity index (χ4n) is 3.10. The zero-order valence-electron chi connectivity index (χ0n) is 14.6. The second-order valence-corrected chi connectivity index (χ2v) is 7.24. The Morgan fingerprint density at radius 3 is 2.81 bits per heavy atom. The first-order valence-corrected chi connectivity index (χ1v) is 9.45. The van der Waals surface area contributed by atoms with E-state index in [2.05, 4.69) is 55.7 Å². The number of hydrogen-bond donors (Lipinski definition) is 1. The summed E-state index contributed by atoms with van der Waals surface area (Å²) in [5.41, 5.74) is 3.05. The maximum atomic E-state index is 4.63. The highest BCUT2D eigenvalue weighted by Crippen LogP contribution is 2.35. The largest absolute Gasteiger partial charge is 0.364 e. The molecule has 4 aromatic heterocycles. The van der Waals surface area contributed by atoms with E-state index in [-0.39, 0.29) is 0 Å². The van der Waals surface area contributed by atoms with Crippen LogP contribution in [-0.4, -0.2) is 24.6 Å². The van der Waals surface area contributed by atoms with E-state index in [1.54, 1.807) is 23.7 Å². The molecule has 132 valence electrons. The molecule has 0 saturated carbocycles. The van der Waals surface area contributed by atoms with Crippen molar-refractivity contribution in [3.8, 4) is 10.4 Å². The number of nitrogens with zero attached hydrogens (tertiary/aromatic N) is 5. The molecule has 0 aliphatic heterocycles. The van der Waals surface area contributed by atoms with Gasteiger partial charge in [0.2, 0.25) is 0 Å². The van der Waals surface area contributed by atoms with Crippen molar-refractivity contribution >= 4 is 33.0 Å². The molecule has 5 aromatic rings. The third-order valence-electron chi connectivity index (χ3n) is 4.37. The molecule has 0 radical (unpaired) electrons. The normalized spacial score (nSPS) is 11.3. The van der Waals surface area contributed by atoms with Crippen molar-refractivity contribution in [3.05, 3.63) is 72.4 Å². The van der Waals surface area contributed by atoms with Crippen LogP contribution in [0.5, 0.6) is 0 Å². The summed E-state index contributed by atoms with van der Waals surface area (Å²) in [6.07, 6.45) is 3.55. The van der Waals surface area contributed by atoms with Gasteiger partial charge >= 0.3 is 0 Å². The Hall–Kier alpha value is -3.32. The standard InChI is InChI=1S/C20H16N6S/c1-13-24-19(22-12-15-7-9-21-18-8-10-23-26(15)18)16-11-17(27-20(16)25-13)14-5-3-2-4-6-14/h2-11H,12H2,1H3,(H,22,24,25). The molecule has 0 amide bonds. The zero-order valence-corrected chi connectivity index (χ0v) is 15.4. The molecular weight excluding hydrogens is 356 g/mol. The topological polar surface area (TPSA) is 68.0 Å². The summed E-state index contributed by atoms with van der Waals surface area (Å²) in [6.45, 7) is 2.52. The van der Waals surface area contributed by atoms with Crippen molar-refractivity contribution in [2.75, 3.05) is 5.32 Å². The summed E-state index contributed by atoms with van der Waals surface area (Å²) in [5, 5.41) is 8.83. The van der Waals surface area contributed by atoms with Crippen molar-refractivity contribution in [3.63, 3.8) is 0 Å². The number of aryl methyl sites for hydroxylation is 1. The second kappa shape index (κ2) is 6.44. The van der Waals surface area contributed by atoms with E-state index >= 15 is 0 Å². The fraction of sp³-hybridized carbons (Fsp3) is 0.100. The lowest BCUT2D eigenvalue weighted by Gasteiger charge is -2.08. The predicted octanol–water partition coefficient (Wildman–Crippen LogP) is 4.32. The highest BCUT2D eigenvalue weighted by molar-refractivity contribution is 7.21. The number of thiophene rings is 1. The van der Waals surface area contributed by atoms with Gasteiger partial charge in [0.05, 0.1) is 23.8 Å². The maximum Gasteiger partial charge on any atom is 0.155 e. The first-order chi connectivity index (χ1) is 13.3. The third-order valence-corrected chi connectivity index (χ3v) is 5.45. The monoisotopic (exact) mass is 372 g/mol. The van der Waals surface area contributed by atoms with Crippen LogP contribution in [0.1, 0.15) is 11.5 Å². The van der Waals surface area contributed by atoms with Crippen LogP contribution in [-0.2, 0) is 6.54 Å². The molecule has 0 fully saturated rings. The number of rotatable bonds is 4. The van der Waals surface area contributed by atoms with Gasteiger partial charge in [-0.3, -0.25) is 0 Å². The van der Waals surface area contributed by atoms with Gasteiger partial charge in [-0.05, 0) is 24.6 Å². The van der Waals surface area contributed by atoms with Gasteiger partial charge < -0.3 is 5.32 Å². The number of hydrogen-bond acceptors (Lipinski definition) is 6. The lowest BCUT2D eigenvalue weighted by molar-refractivity contribution is 0.851. The van der Waals surface area contributed by atoms with Crippen LogP contribution in [0.2, 0.25) is 0 Å². The summed E-state index contributed by atoms with van der Waals surface area (Å²) < 4.78 is 1.83. The van der Waals surface area contributed by atoms with Crippen molar-refractivity contribution in [2.45, 2.75) is 13.5 Å². The van der Waals surface area contributed by atoms with Gasteiger partial charge in [0.25, 0.3) is 0 Å². The molecule has 5 rings (SSSR count). The third kappa shape index (κ3) is 2.92. The van der Waals surface area contributed by atoms with E-state index in [0.717, 1.165) is 33.2 Å². The quantitative estimate of drug-likeness (QED) is 0.509. The average molecular weight is 372 g/mol. The van der Waals surface area contributed by atoms with Crippen LogP contribution < -0.4 is 5.32 Å². The van der Waals surface area contributed by atoms with Gasteiger partial charge in [0, 0.05) is 17.1 Å². The molecule has 1 aromatic carbocycles. The molecule has 1 N–H and O–H groups in total. The Balaban J connectivity index is 1.52. The average Bonchev–Trinajstić information content (AvgIpc) is 3.33. The van der Waals surface area contributed by atoms with Crippen molar-refractivity contribution in [1.82, 2.24) is 24.6 Å². The van der Waals surface area contributed by atoms with Crippen LogP contribution in [0.4, 0.5) is 5.82 Å². The minimum absolute atomic E-state index is 0.600. The van der Waals surface area contributed by atoms with E-state index in [0.29, 0.717) is 6.54 Å². The van der Waals surface area contributed by atoms with Crippen LogP contribution >= 0.6 is 11.3 Å². The van der Waals surface area contributed by atoms with Gasteiger partial charge in [0.1, 0.15) is 16.5 Å². The molecule has 0 atom stereocenters. The fourth-order valence-corrected chi connectivity index (χ4v) is 4.18. The first kappa shape index (κ1) is 15.9. The summed E-state index contributed by atoms with van der Waals surface area (Å²) in [5.74, 6) is 1.60. The van der Waals surface area contributed by atoms with Crippen LogP contribution in [0.25, 0.3) is 26.3 Å². The van der Waals surface area contributed by atoms with E-state index in [4.69, 9.17) is 0 Å². The zero-order chi connectivity index (χ0) is 18.2. The molecule has 7 heteroatoms. The molecule has 0 aliphatic carbocycles. The minimum Gasteiger partial charge on any atom is -0.364 e. The lowest BCUT2D eigenvalue weighted by Crippen LogP contribution is -2.08. The predicted molar refractivity (Wildman–Crippen MR) is 108 cm³/mol. The lowest BCUT2D eigenvalue weighted by atomic mass is 10.2. The molecule has 0 saturated heterocycles. The van der Waals surface area contributed by atoms with Crippen molar-refractivity contribution < 1.29 is 0 Å². The van der Waals surface area contributed by atoms with Gasteiger partial charge in [-0.25, -0.2) is 19.5 Å². The Morgan fingerprint density at radius 2 is 1.93 bits per heavy atom. The molecule has 0 aliphatic rings. The molecular formula is C20H16N6S. The van der Waals surface area contributed by atoms with Gasteiger partial charge in [-0.2, -0.15) is 5.10 Å². The number of fused-ring (bicyclic) bond motifs is 2. The van der Waals surface area contributed by atoms with Crippen molar-refractivity contribution in [2.24, 2.45) is 0 Å². The Kier molecular flexibility index (Phi) is 3.79. The Labute approximate surface area is 159 Å². The maximum absolute atomic E-state index is 4.63. The SMILES string of the molecule is Cc1nc(NCc2ccnc3ccnn23)c2cc(-c3ccccc3)sc2n1. The van der Waals surface area contributed by atoms with Crippen molar-refractivity contribution in [1.29, 1.82) is 0 Å². The molecule has 27 heavy (non-hydrogen) atoms. The number of benzene rings is 1. The molecule has 0 spiro atoms. The molecule has 4 heterocycles. The number of aromatic nitrogens is 5. The summed E-state index contributed by atoms with van der Waals surface area (Å²) in [6, 6.07) is 16.4. The second-order valence-electron chi connectivity index (χ2n) is 6.21. The highest BCUT2D eigenvalue weighted by Gasteiger charge is 2.12. The van der Waals surface area contributed by atoms with E-state index in [1.807, 2.05) is 29.6 Å². The Bertz CT molecular complexity index is 1240. The van der Waals surface area contributed by atoms with E-state index in [1.165, 1.54) is 10.4 Å². The molecule has 0 unspecified atom stereocenters. The minimum atomic E-state index is 0.600. The number of anilines is 1. The van der Waals surface area contributed by atoms with E-state index < -0.39 is 0 Å². The van der Waals surface area contributed by atoms with Gasteiger partial charge in [0.15, 0.2) is 5.65 Å². The smallest absolute Gasteiger partial charge is 0.155 e. The summed E-state index contributed by atoms with van der Waals surface area (Å²) >= 11 is 1.69. The Morgan fingerprint density at radius 1 is 1.04 bits per heavy atom. The first-order valence-electron chi connectivity index (χ1n) is 8.63. The summed E-state index contributed by atoms with van der Waals surface area (Å²) in [4.78, 5) is 15.7. The van der Waals surface area contributed by atoms with Gasteiger partial charge in [-0.1, -0.05) is 30.3 Å². The molecule has 6 nitrogen and oxygen atoms in total. The van der Waals surface area contributed by atoms with Crippen LogP contribution in [0.3, 0.4) is 0 Å². The highest BCUT2D eigenvalue weighted by atomic mass is 32.1. The van der Waals surface area contributed by atoms with Crippen LogP contribution in [0, 0.1) is 6.92 Å². The van der Waals surface area contributed by atoms with Gasteiger partial charge in [-0.15, -0.1) is 11.3 Å².